The molecule has 1 atom stereocenters. The zero-order valence-corrected chi connectivity index (χ0v) is 5.44. The second-order valence-electron chi connectivity index (χ2n) is 1.23. The summed E-state index contributed by atoms with van der Waals surface area (Å²) in [6.07, 6.45) is 3.15. The van der Waals surface area contributed by atoms with Crippen molar-refractivity contribution in [1.82, 2.24) is 0 Å². The summed E-state index contributed by atoms with van der Waals surface area (Å²) >= 11 is 1.26. The van der Waals surface area contributed by atoms with E-state index >= 15 is 0 Å². The lowest BCUT2D eigenvalue weighted by molar-refractivity contribution is -0.135. The van der Waals surface area contributed by atoms with Crippen LogP contribution in [0.5, 0.6) is 0 Å². The summed E-state index contributed by atoms with van der Waals surface area (Å²) in [4.78, 5) is 10.1. The van der Waals surface area contributed by atoms with Crippen LogP contribution in [0.1, 0.15) is 0 Å². The second-order valence-corrected chi connectivity index (χ2v) is 2.21. The van der Waals surface area contributed by atoms with Gasteiger partial charge in [-0.25, -0.2) is 0 Å². The molecule has 0 fully saturated rings. The van der Waals surface area contributed by atoms with Crippen molar-refractivity contribution in [1.29, 1.82) is 0 Å². The minimum absolute atomic E-state index is 0.449. The summed E-state index contributed by atoms with van der Waals surface area (Å²) in [5.74, 6) is -0.826. The van der Waals surface area contributed by atoms with Gasteiger partial charge < -0.3 is 5.11 Å². The average Bonchev–Trinajstić information content (AvgIpc) is 1.69. The molecule has 0 aliphatic rings. The average molecular weight is 132 g/mol. The number of carbonyl (C=O) groups is 1. The fourth-order valence-corrected chi connectivity index (χ4v) is 0.692. The first-order valence-electron chi connectivity index (χ1n) is 2.10. The number of thioether (sulfide) groups is 1. The number of hydrogen-bond donors (Lipinski definition) is 1. The van der Waals surface area contributed by atoms with Gasteiger partial charge in [0.1, 0.15) is 5.25 Å². The molecular formula is C5H8O2S. The fourth-order valence-electron chi connectivity index (χ4n) is 0.298. The molecule has 0 aromatic heterocycles. The van der Waals surface area contributed by atoms with Gasteiger partial charge in [0, 0.05) is 0 Å². The van der Waals surface area contributed by atoms with Crippen molar-refractivity contribution in [3.8, 4) is 0 Å². The third kappa shape index (κ3) is 2.02. The van der Waals surface area contributed by atoms with E-state index in [1.54, 1.807) is 6.26 Å². The summed E-state index contributed by atoms with van der Waals surface area (Å²) in [5, 5.41) is 7.83. The van der Waals surface area contributed by atoms with Crippen LogP contribution in [-0.2, 0) is 4.79 Å². The molecule has 0 spiro atoms. The Morgan fingerprint density at radius 2 is 2.50 bits per heavy atom. The Kier molecular flexibility index (Phi) is 3.35. The van der Waals surface area contributed by atoms with Crippen LogP contribution in [0.4, 0.5) is 0 Å². The Bertz CT molecular complexity index is 101. The van der Waals surface area contributed by atoms with Crippen molar-refractivity contribution >= 4 is 17.7 Å². The molecule has 3 heteroatoms. The van der Waals surface area contributed by atoms with Crippen LogP contribution in [0.25, 0.3) is 0 Å². The van der Waals surface area contributed by atoms with E-state index in [0.717, 1.165) is 0 Å². The van der Waals surface area contributed by atoms with Crippen molar-refractivity contribution in [3.63, 3.8) is 0 Å². The van der Waals surface area contributed by atoms with Crippen LogP contribution in [-0.4, -0.2) is 22.6 Å². The maximum absolute atomic E-state index is 10.1. The lowest BCUT2D eigenvalue weighted by Crippen LogP contribution is -2.11. The van der Waals surface area contributed by atoms with E-state index in [4.69, 9.17) is 5.11 Å². The molecule has 0 aromatic rings. The third-order valence-corrected chi connectivity index (χ3v) is 1.61. The van der Waals surface area contributed by atoms with E-state index in [9.17, 15) is 4.79 Å². The Labute approximate surface area is 52.6 Å². The maximum atomic E-state index is 10.1. The molecule has 0 saturated heterocycles. The van der Waals surface area contributed by atoms with Crippen molar-refractivity contribution in [2.24, 2.45) is 0 Å². The quantitative estimate of drug-likeness (QED) is 0.582. The van der Waals surface area contributed by atoms with Gasteiger partial charge >= 0.3 is 5.97 Å². The Balaban J connectivity index is 3.69. The highest BCUT2D eigenvalue weighted by Gasteiger charge is 2.08. The molecule has 8 heavy (non-hydrogen) atoms. The van der Waals surface area contributed by atoms with Gasteiger partial charge in [0.2, 0.25) is 0 Å². The van der Waals surface area contributed by atoms with Crippen LogP contribution in [0.15, 0.2) is 12.7 Å². The van der Waals surface area contributed by atoms with Gasteiger partial charge in [-0.05, 0) is 6.26 Å². The molecule has 0 aromatic carbocycles. The molecule has 0 radical (unpaired) electrons. The largest absolute Gasteiger partial charge is 0.480 e. The molecule has 0 heterocycles. The number of carboxylic acids is 1. The molecule has 0 amide bonds. The van der Waals surface area contributed by atoms with Crippen molar-refractivity contribution in [3.05, 3.63) is 12.7 Å². The molecule has 1 unspecified atom stereocenters. The molecule has 1 N–H and O–H groups in total. The normalized spacial score (nSPS) is 12.6. The molecule has 2 nitrogen and oxygen atoms in total. The molecule has 0 rings (SSSR count). The van der Waals surface area contributed by atoms with Gasteiger partial charge in [-0.3, -0.25) is 4.79 Å². The topological polar surface area (TPSA) is 37.3 Å². The van der Waals surface area contributed by atoms with Crippen molar-refractivity contribution < 1.29 is 9.90 Å². The SMILES string of the molecule is C=CC(SC)C(=O)O. The standard InChI is InChI=1S/C5H8O2S/c1-3-4(8-2)5(6)7/h3-4H,1H2,2H3,(H,6,7). The number of carboxylic acid groups (broad SMARTS) is 1. The third-order valence-electron chi connectivity index (χ3n) is 0.711. The summed E-state index contributed by atoms with van der Waals surface area (Å²) in [5.41, 5.74) is 0. The first kappa shape index (κ1) is 7.56. The monoisotopic (exact) mass is 132 g/mol. The predicted octanol–water partition coefficient (Wildman–Crippen LogP) is 0.989. The van der Waals surface area contributed by atoms with Gasteiger partial charge in [-0.15, -0.1) is 18.3 Å². The predicted molar refractivity (Wildman–Crippen MR) is 35.1 cm³/mol. The highest BCUT2D eigenvalue weighted by atomic mass is 32.2. The summed E-state index contributed by atoms with van der Waals surface area (Å²) in [6.45, 7) is 3.35. The van der Waals surface area contributed by atoms with Gasteiger partial charge in [0.05, 0.1) is 0 Å². The molecule has 0 saturated carbocycles. The Hall–Kier alpha value is -0.440. The van der Waals surface area contributed by atoms with Gasteiger partial charge in [0.15, 0.2) is 0 Å². The lowest BCUT2D eigenvalue weighted by Gasteiger charge is -1.98. The smallest absolute Gasteiger partial charge is 0.320 e. The minimum atomic E-state index is -0.826. The molecule has 46 valence electrons. The number of hydrogen-bond acceptors (Lipinski definition) is 2. The van der Waals surface area contributed by atoms with Gasteiger partial charge in [-0.2, -0.15) is 0 Å². The molecule has 0 aliphatic heterocycles. The maximum Gasteiger partial charge on any atom is 0.320 e. The van der Waals surface area contributed by atoms with Crippen LogP contribution < -0.4 is 0 Å². The van der Waals surface area contributed by atoms with Crippen LogP contribution in [0.2, 0.25) is 0 Å². The van der Waals surface area contributed by atoms with Crippen LogP contribution in [0.3, 0.4) is 0 Å². The molecule has 0 bridgehead atoms. The van der Waals surface area contributed by atoms with Crippen LogP contribution in [0, 0.1) is 0 Å². The second kappa shape index (κ2) is 3.55. The van der Waals surface area contributed by atoms with Gasteiger partial charge in [-0.1, -0.05) is 6.08 Å². The summed E-state index contributed by atoms with van der Waals surface area (Å²) < 4.78 is 0. The number of aliphatic carboxylic acids is 1. The van der Waals surface area contributed by atoms with Crippen molar-refractivity contribution in [2.45, 2.75) is 5.25 Å². The molecular weight excluding hydrogens is 124 g/mol. The van der Waals surface area contributed by atoms with Crippen LogP contribution >= 0.6 is 11.8 Å². The zero-order valence-electron chi connectivity index (χ0n) is 4.63. The molecule has 0 aliphatic carbocycles. The van der Waals surface area contributed by atoms with E-state index < -0.39 is 11.2 Å². The van der Waals surface area contributed by atoms with E-state index in [1.165, 1.54) is 17.8 Å². The first-order chi connectivity index (χ1) is 3.72. The van der Waals surface area contributed by atoms with E-state index in [1.807, 2.05) is 0 Å². The lowest BCUT2D eigenvalue weighted by atomic mass is 10.4. The highest BCUT2D eigenvalue weighted by Crippen LogP contribution is 2.05. The zero-order chi connectivity index (χ0) is 6.57. The summed E-state index contributed by atoms with van der Waals surface area (Å²) in [7, 11) is 0. The fraction of sp³-hybridized carbons (Fsp3) is 0.400. The highest BCUT2D eigenvalue weighted by molar-refractivity contribution is 8.00. The van der Waals surface area contributed by atoms with E-state index in [-0.39, 0.29) is 0 Å². The first-order valence-corrected chi connectivity index (χ1v) is 3.39. The Morgan fingerprint density at radius 1 is 2.00 bits per heavy atom. The minimum Gasteiger partial charge on any atom is -0.480 e. The van der Waals surface area contributed by atoms with Gasteiger partial charge in [0.25, 0.3) is 0 Å². The Morgan fingerprint density at radius 3 is 2.50 bits per heavy atom. The van der Waals surface area contributed by atoms with E-state index in [2.05, 4.69) is 6.58 Å². The number of rotatable bonds is 3. The van der Waals surface area contributed by atoms with Crippen molar-refractivity contribution in [2.75, 3.05) is 6.26 Å². The van der Waals surface area contributed by atoms with E-state index in [0.29, 0.717) is 0 Å². The summed E-state index contributed by atoms with van der Waals surface area (Å²) in [6, 6.07) is 0.